The van der Waals surface area contributed by atoms with E-state index in [1.807, 2.05) is 0 Å². The van der Waals surface area contributed by atoms with Crippen LogP contribution in [0.2, 0.25) is 5.02 Å². The topological polar surface area (TPSA) is 79.0 Å². The summed E-state index contributed by atoms with van der Waals surface area (Å²) in [4.78, 5) is 19.5. The van der Waals surface area contributed by atoms with E-state index in [0.717, 1.165) is 6.20 Å². The van der Waals surface area contributed by atoms with Crippen LogP contribution in [0.3, 0.4) is 0 Å². The smallest absolute Gasteiger partial charge is 0.255 e. The first kappa shape index (κ1) is 21.0. The zero-order valence-corrected chi connectivity index (χ0v) is 17.1. The van der Waals surface area contributed by atoms with E-state index in [1.54, 1.807) is 18.2 Å². The Kier molecular flexibility index (Phi) is 5.77. The van der Waals surface area contributed by atoms with E-state index in [-0.39, 0.29) is 29.1 Å². The van der Waals surface area contributed by atoms with E-state index in [0.29, 0.717) is 22.2 Å². The van der Waals surface area contributed by atoms with Crippen LogP contribution in [0.1, 0.15) is 28.4 Å². The minimum atomic E-state index is -2.57. The number of methoxy groups -OCH3 is 1. The number of para-hydroxylation sites is 1. The molecule has 0 fully saturated rings. The van der Waals surface area contributed by atoms with Crippen molar-refractivity contribution in [3.05, 3.63) is 58.8 Å². The van der Waals surface area contributed by atoms with Gasteiger partial charge in [0.25, 0.3) is 5.91 Å². The largest absolute Gasteiger partial charge is 0.493 e. The number of fused-ring (bicyclic) bond motifs is 1. The van der Waals surface area contributed by atoms with Crippen molar-refractivity contribution in [3.8, 4) is 17.0 Å². The molecule has 3 N–H and O–H groups in total. The summed E-state index contributed by atoms with van der Waals surface area (Å²) in [5.74, 6) is -1.43. The zero-order chi connectivity index (χ0) is 22.1. The Morgan fingerprint density at radius 1 is 1.35 bits per heavy atom. The number of halogens is 4. The Morgan fingerprint density at radius 2 is 2.16 bits per heavy atom. The molecule has 0 saturated carbocycles. The van der Waals surface area contributed by atoms with Crippen LogP contribution >= 0.6 is 11.6 Å². The quantitative estimate of drug-likeness (QED) is 0.488. The molecule has 3 aromatic rings. The molecule has 1 aliphatic heterocycles. The summed E-state index contributed by atoms with van der Waals surface area (Å²) in [7, 11) is 1.44. The average molecular weight is 451 g/mol. The average Bonchev–Trinajstić information content (AvgIpc) is 3.10. The fourth-order valence-electron chi connectivity index (χ4n) is 3.74. The Morgan fingerprint density at radius 3 is 2.87 bits per heavy atom. The molecule has 3 heterocycles. The molecule has 6 nitrogen and oxygen atoms in total. The number of amides is 1. The van der Waals surface area contributed by atoms with Gasteiger partial charge in [-0.15, -0.1) is 0 Å². The van der Waals surface area contributed by atoms with Crippen molar-refractivity contribution in [2.75, 3.05) is 19.0 Å². The number of nitrogens with zero attached hydrogens (tertiary/aromatic N) is 1. The molecule has 0 aliphatic carbocycles. The van der Waals surface area contributed by atoms with Crippen molar-refractivity contribution in [2.45, 2.75) is 18.8 Å². The number of pyridine rings is 1. The van der Waals surface area contributed by atoms with Crippen molar-refractivity contribution in [3.63, 3.8) is 0 Å². The van der Waals surface area contributed by atoms with Crippen LogP contribution in [0.4, 0.5) is 24.5 Å². The summed E-state index contributed by atoms with van der Waals surface area (Å²) >= 11 is 6.20. The summed E-state index contributed by atoms with van der Waals surface area (Å²) < 4.78 is 46.3. The molecule has 0 saturated heterocycles. The van der Waals surface area contributed by atoms with Crippen molar-refractivity contribution >= 4 is 28.9 Å². The van der Waals surface area contributed by atoms with E-state index < -0.39 is 30.5 Å². The molecule has 1 unspecified atom stereocenters. The number of hydrogen-bond donors (Lipinski definition) is 3. The molecule has 4 rings (SSSR count). The molecule has 1 aliphatic rings. The predicted octanol–water partition coefficient (Wildman–Crippen LogP) is 5.10. The molecule has 10 heteroatoms. The highest BCUT2D eigenvalue weighted by Crippen LogP contribution is 2.43. The van der Waals surface area contributed by atoms with Crippen molar-refractivity contribution in [1.29, 1.82) is 0 Å². The molecule has 2 aromatic heterocycles. The third-order valence-electron chi connectivity index (χ3n) is 5.11. The summed E-state index contributed by atoms with van der Waals surface area (Å²) in [5.41, 5.74) is 1.50. The van der Waals surface area contributed by atoms with Gasteiger partial charge < -0.3 is 20.4 Å². The second-order valence-corrected chi connectivity index (χ2v) is 7.41. The molecular weight excluding hydrogens is 433 g/mol. The van der Waals surface area contributed by atoms with Crippen molar-refractivity contribution in [1.82, 2.24) is 15.3 Å². The first-order valence-electron chi connectivity index (χ1n) is 9.42. The first-order valence-corrected chi connectivity index (χ1v) is 9.80. The number of aromatic nitrogens is 2. The number of aromatic amines is 1. The number of hydrogen-bond acceptors (Lipinski definition) is 4. The van der Waals surface area contributed by atoms with E-state index in [9.17, 15) is 18.0 Å². The van der Waals surface area contributed by atoms with Gasteiger partial charge in [0.05, 0.1) is 41.0 Å². The minimum Gasteiger partial charge on any atom is -0.493 e. The van der Waals surface area contributed by atoms with Crippen LogP contribution in [0, 0.1) is 5.82 Å². The van der Waals surface area contributed by atoms with Crippen LogP contribution in [0.25, 0.3) is 11.3 Å². The second kappa shape index (κ2) is 8.50. The molecule has 31 heavy (non-hydrogen) atoms. The first-order chi connectivity index (χ1) is 14.9. The van der Waals surface area contributed by atoms with Gasteiger partial charge in [0.15, 0.2) is 11.6 Å². The standard InChI is InChI=1S/C21H18ClF3N4O2/c1-31-20-12(22)3-2-4-14(20)28-19-16-17(10(7-15(24)25)8-27-21(16)30)29-18(19)11-5-6-26-9-13(11)23/h2-6,9-10,15,28-29H,7-8H2,1H3,(H,27,30). The number of H-pyrrole nitrogens is 1. The molecular formula is C21H18ClF3N4O2. The fraction of sp³-hybridized carbons (Fsp3) is 0.238. The number of rotatable bonds is 6. The highest BCUT2D eigenvalue weighted by molar-refractivity contribution is 6.32. The Balaban J connectivity index is 1.93. The predicted molar refractivity (Wildman–Crippen MR) is 111 cm³/mol. The Bertz CT molecular complexity index is 1140. The summed E-state index contributed by atoms with van der Waals surface area (Å²) in [6, 6.07) is 6.42. The maximum absolute atomic E-state index is 14.6. The van der Waals surface area contributed by atoms with E-state index in [4.69, 9.17) is 16.3 Å². The van der Waals surface area contributed by atoms with Crippen molar-refractivity contribution in [2.24, 2.45) is 0 Å². The lowest BCUT2D eigenvalue weighted by Crippen LogP contribution is -2.35. The molecule has 162 valence electrons. The number of benzene rings is 1. The lowest BCUT2D eigenvalue weighted by molar-refractivity contribution is 0.0914. The lowest BCUT2D eigenvalue weighted by atomic mass is 9.93. The SMILES string of the molecule is COc1c(Cl)cccc1Nc1c(-c2ccncc2F)[nH]c2c1C(=O)NCC2CC(F)F. The Hall–Kier alpha value is -3.20. The molecule has 0 spiro atoms. The van der Waals surface area contributed by atoms with Gasteiger partial charge in [0, 0.05) is 36.3 Å². The Labute approximate surface area is 180 Å². The fourth-order valence-corrected chi connectivity index (χ4v) is 3.99. The summed E-state index contributed by atoms with van der Waals surface area (Å²) in [6.07, 6.45) is -0.581. The van der Waals surface area contributed by atoms with Crippen LogP contribution in [0.5, 0.6) is 5.75 Å². The van der Waals surface area contributed by atoms with Gasteiger partial charge in [-0.1, -0.05) is 17.7 Å². The highest BCUT2D eigenvalue weighted by Gasteiger charge is 2.34. The summed E-state index contributed by atoms with van der Waals surface area (Å²) in [5, 5.41) is 6.07. The molecule has 0 bridgehead atoms. The minimum absolute atomic E-state index is 0.0505. The van der Waals surface area contributed by atoms with Crippen LogP contribution in [0.15, 0.2) is 36.7 Å². The highest BCUT2D eigenvalue weighted by atomic mass is 35.5. The second-order valence-electron chi connectivity index (χ2n) is 7.00. The molecule has 1 atom stereocenters. The number of carbonyl (C=O) groups is 1. The van der Waals surface area contributed by atoms with Gasteiger partial charge in [-0.25, -0.2) is 13.2 Å². The molecule has 1 amide bonds. The third kappa shape index (κ3) is 3.93. The van der Waals surface area contributed by atoms with E-state index >= 15 is 0 Å². The van der Waals surface area contributed by atoms with Crippen LogP contribution in [-0.2, 0) is 0 Å². The number of alkyl halides is 2. The number of ether oxygens (including phenoxy) is 1. The van der Waals surface area contributed by atoms with Crippen molar-refractivity contribution < 1.29 is 22.7 Å². The van der Waals surface area contributed by atoms with Gasteiger partial charge >= 0.3 is 0 Å². The number of nitrogens with one attached hydrogen (secondary N) is 3. The molecule has 1 aromatic carbocycles. The van der Waals surface area contributed by atoms with Gasteiger partial charge in [-0.05, 0) is 18.2 Å². The normalized spacial score (nSPS) is 15.5. The lowest BCUT2D eigenvalue weighted by Gasteiger charge is -2.23. The van der Waals surface area contributed by atoms with Crippen LogP contribution < -0.4 is 15.4 Å². The summed E-state index contributed by atoms with van der Waals surface area (Å²) in [6.45, 7) is 0.0505. The maximum Gasteiger partial charge on any atom is 0.255 e. The third-order valence-corrected chi connectivity index (χ3v) is 5.41. The van der Waals surface area contributed by atoms with E-state index in [2.05, 4.69) is 20.6 Å². The van der Waals surface area contributed by atoms with Gasteiger partial charge in [0.2, 0.25) is 6.43 Å². The van der Waals surface area contributed by atoms with Crippen LogP contribution in [-0.4, -0.2) is 36.0 Å². The van der Waals surface area contributed by atoms with Gasteiger partial charge in [-0.2, -0.15) is 0 Å². The monoisotopic (exact) mass is 450 g/mol. The zero-order valence-electron chi connectivity index (χ0n) is 16.3. The molecule has 0 radical (unpaired) electrons. The van der Waals surface area contributed by atoms with Gasteiger partial charge in [0.1, 0.15) is 0 Å². The van der Waals surface area contributed by atoms with Gasteiger partial charge in [-0.3, -0.25) is 9.78 Å². The number of anilines is 2. The maximum atomic E-state index is 14.6. The van der Waals surface area contributed by atoms with E-state index in [1.165, 1.54) is 19.4 Å². The number of carbonyl (C=O) groups excluding carboxylic acids is 1.